The monoisotopic (exact) mass is 357 g/mol. The highest BCUT2D eigenvalue weighted by Gasteiger charge is 2.12. The van der Waals surface area contributed by atoms with Gasteiger partial charge in [-0.1, -0.05) is 24.9 Å². The predicted octanol–water partition coefficient (Wildman–Crippen LogP) is 3.73. The van der Waals surface area contributed by atoms with E-state index in [4.69, 9.17) is 33.3 Å². The van der Waals surface area contributed by atoms with Gasteiger partial charge in [-0.2, -0.15) is 5.10 Å². The third-order valence-corrected chi connectivity index (χ3v) is 3.32. The molecule has 2 N–H and O–H groups in total. The van der Waals surface area contributed by atoms with Gasteiger partial charge in [-0.15, -0.1) is 0 Å². The molecule has 1 aromatic rings. The highest BCUT2D eigenvalue weighted by molar-refractivity contribution is 7.80. The van der Waals surface area contributed by atoms with Crippen molar-refractivity contribution < 1.29 is 9.47 Å². The van der Waals surface area contributed by atoms with E-state index in [0.717, 1.165) is 24.9 Å². The van der Waals surface area contributed by atoms with Gasteiger partial charge in [-0.3, -0.25) is 5.43 Å². The zero-order valence-corrected chi connectivity index (χ0v) is 15.6. The molecule has 0 radical (unpaired) electrons. The average Bonchev–Trinajstić information content (AvgIpc) is 2.49. The molecule has 1 aromatic carbocycles. The van der Waals surface area contributed by atoms with Gasteiger partial charge in [0.25, 0.3) is 0 Å². The normalized spacial score (nSPS) is 10.9. The average molecular weight is 358 g/mol. The summed E-state index contributed by atoms with van der Waals surface area (Å²) in [7, 11) is 1.57. The number of nitrogens with zero attached hydrogens (tertiary/aromatic N) is 1. The first-order chi connectivity index (χ1) is 11.0. The molecule has 0 saturated heterocycles. The van der Waals surface area contributed by atoms with Crippen LogP contribution < -0.4 is 20.2 Å². The Labute approximate surface area is 148 Å². The molecule has 0 bridgehead atoms. The quantitative estimate of drug-likeness (QED) is 0.321. The highest BCUT2D eigenvalue weighted by Crippen LogP contribution is 2.36. The largest absolute Gasteiger partial charge is 0.493 e. The molecule has 23 heavy (non-hydrogen) atoms. The van der Waals surface area contributed by atoms with E-state index in [1.807, 2.05) is 19.9 Å². The molecular formula is C16H24ClN3O2S. The number of methoxy groups -OCH3 is 1. The maximum atomic E-state index is 6.26. The van der Waals surface area contributed by atoms with E-state index in [9.17, 15) is 0 Å². The number of hydrazone groups is 1. The minimum Gasteiger partial charge on any atom is -0.493 e. The Hall–Kier alpha value is -1.53. The van der Waals surface area contributed by atoms with Gasteiger partial charge in [0.1, 0.15) is 0 Å². The fraction of sp³-hybridized carbons (Fsp3) is 0.500. The van der Waals surface area contributed by atoms with E-state index in [1.54, 1.807) is 19.4 Å². The van der Waals surface area contributed by atoms with Crippen LogP contribution in [0.2, 0.25) is 5.02 Å². The van der Waals surface area contributed by atoms with Crippen LogP contribution in [0.25, 0.3) is 0 Å². The van der Waals surface area contributed by atoms with Gasteiger partial charge in [0.05, 0.1) is 24.5 Å². The van der Waals surface area contributed by atoms with Crippen LogP contribution in [-0.4, -0.2) is 31.1 Å². The van der Waals surface area contributed by atoms with Gasteiger partial charge in [0.15, 0.2) is 16.6 Å². The number of benzene rings is 1. The lowest BCUT2D eigenvalue weighted by atomic mass is 10.2. The van der Waals surface area contributed by atoms with Crippen molar-refractivity contribution in [2.24, 2.45) is 5.10 Å². The molecule has 1 rings (SSSR count). The smallest absolute Gasteiger partial charge is 0.186 e. The molecule has 0 amide bonds. The van der Waals surface area contributed by atoms with Crippen molar-refractivity contribution in [3.63, 3.8) is 0 Å². The lowest BCUT2D eigenvalue weighted by Gasteiger charge is -2.15. The Kier molecular flexibility index (Phi) is 8.73. The predicted molar refractivity (Wildman–Crippen MR) is 100 cm³/mol. The summed E-state index contributed by atoms with van der Waals surface area (Å²) in [6.07, 6.45) is 3.81. The van der Waals surface area contributed by atoms with Crippen molar-refractivity contribution >= 4 is 35.1 Å². The Morgan fingerprint density at radius 1 is 1.43 bits per heavy atom. The summed E-state index contributed by atoms with van der Waals surface area (Å²) in [5, 5.41) is 8.13. The van der Waals surface area contributed by atoms with Crippen LogP contribution in [0.5, 0.6) is 11.5 Å². The van der Waals surface area contributed by atoms with Gasteiger partial charge in [0, 0.05) is 6.54 Å². The number of halogens is 1. The number of thiocarbonyl (C=S) groups is 1. The minimum atomic E-state index is 0.00847. The Balaban J connectivity index is 2.72. The van der Waals surface area contributed by atoms with Crippen LogP contribution in [-0.2, 0) is 0 Å². The molecule has 0 atom stereocenters. The lowest BCUT2D eigenvalue weighted by Crippen LogP contribution is -2.32. The second-order valence-corrected chi connectivity index (χ2v) is 6.00. The molecule has 0 aromatic heterocycles. The number of unbranched alkanes of at least 4 members (excludes halogenated alkanes) is 1. The highest BCUT2D eigenvalue weighted by atomic mass is 35.5. The van der Waals surface area contributed by atoms with Crippen LogP contribution in [0.1, 0.15) is 39.2 Å². The van der Waals surface area contributed by atoms with E-state index in [1.165, 1.54) is 0 Å². The van der Waals surface area contributed by atoms with Crippen molar-refractivity contribution in [1.82, 2.24) is 10.7 Å². The Bertz CT molecular complexity index is 550. The van der Waals surface area contributed by atoms with E-state index >= 15 is 0 Å². The molecule has 0 spiro atoms. The summed E-state index contributed by atoms with van der Waals surface area (Å²) in [5.74, 6) is 1.10. The maximum Gasteiger partial charge on any atom is 0.186 e. The number of ether oxygens (including phenoxy) is 2. The SMILES string of the molecule is CCCCNC(=S)N/N=C\c1cc(Cl)c(OC(C)C)c(OC)c1. The van der Waals surface area contributed by atoms with E-state index in [2.05, 4.69) is 22.8 Å². The molecule has 0 fully saturated rings. The Morgan fingerprint density at radius 3 is 2.78 bits per heavy atom. The number of nitrogens with one attached hydrogen (secondary N) is 2. The van der Waals surface area contributed by atoms with Gasteiger partial charge in [0.2, 0.25) is 0 Å². The molecule has 0 saturated carbocycles. The zero-order chi connectivity index (χ0) is 17.2. The van der Waals surface area contributed by atoms with Crippen LogP contribution in [0, 0.1) is 0 Å². The summed E-state index contributed by atoms with van der Waals surface area (Å²) < 4.78 is 11.0. The van der Waals surface area contributed by atoms with Crippen LogP contribution in [0.15, 0.2) is 17.2 Å². The molecule has 7 heteroatoms. The molecule has 0 aliphatic carbocycles. The van der Waals surface area contributed by atoms with Crippen LogP contribution in [0.4, 0.5) is 0 Å². The van der Waals surface area contributed by atoms with Gasteiger partial charge in [-0.25, -0.2) is 0 Å². The number of hydrogen-bond acceptors (Lipinski definition) is 4. The summed E-state index contributed by atoms with van der Waals surface area (Å²) in [4.78, 5) is 0. The molecule has 0 aliphatic heterocycles. The Morgan fingerprint density at radius 2 is 2.17 bits per heavy atom. The number of hydrogen-bond donors (Lipinski definition) is 2. The first kappa shape index (κ1) is 19.5. The molecule has 0 unspecified atom stereocenters. The van der Waals surface area contributed by atoms with E-state index < -0.39 is 0 Å². The lowest BCUT2D eigenvalue weighted by molar-refractivity contribution is 0.230. The molecule has 128 valence electrons. The fourth-order valence-electron chi connectivity index (χ4n) is 1.75. The van der Waals surface area contributed by atoms with Crippen LogP contribution in [0.3, 0.4) is 0 Å². The summed E-state index contributed by atoms with van der Waals surface area (Å²) in [6, 6.07) is 3.57. The third-order valence-electron chi connectivity index (χ3n) is 2.80. The summed E-state index contributed by atoms with van der Waals surface area (Å²) in [6.45, 7) is 6.82. The van der Waals surface area contributed by atoms with Crippen molar-refractivity contribution in [3.8, 4) is 11.5 Å². The summed E-state index contributed by atoms with van der Waals surface area (Å²) >= 11 is 11.4. The van der Waals surface area contributed by atoms with E-state index in [0.29, 0.717) is 21.6 Å². The molecule has 5 nitrogen and oxygen atoms in total. The first-order valence-electron chi connectivity index (χ1n) is 7.59. The van der Waals surface area contributed by atoms with E-state index in [-0.39, 0.29) is 6.10 Å². The number of rotatable bonds is 8. The van der Waals surface area contributed by atoms with Crippen molar-refractivity contribution in [2.45, 2.75) is 39.7 Å². The second kappa shape index (κ2) is 10.3. The van der Waals surface area contributed by atoms with Crippen molar-refractivity contribution in [3.05, 3.63) is 22.7 Å². The molecule has 0 aliphatic rings. The second-order valence-electron chi connectivity index (χ2n) is 5.18. The molecular weight excluding hydrogens is 334 g/mol. The summed E-state index contributed by atoms with van der Waals surface area (Å²) in [5.41, 5.74) is 3.55. The maximum absolute atomic E-state index is 6.26. The van der Waals surface area contributed by atoms with Gasteiger partial charge >= 0.3 is 0 Å². The molecule has 0 heterocycles. The third kappa shape index (κ3) is 7.05. The topological polar surface area (TPSA) is 54.9 Å². The van der Waals surface area contributed by atoms with Crippen molar-refractivity contribution in [1.29, 1.82) is 0 Å². The zero-order valence-electron chi connectivity index (χ0n) is 14.0. The van der Waals surface area contributed by atoms with Crippen molar-refractivity contribution in [2.75, 3.05) is 13.7 Å². The minimum absolute atomic E-state index is 0.00847. The standard InChI is InChI=1S/C16H24ClN3O2S/c1-5-6-7-18-16(23)20-19-10-12-8-13(17)15(22-11(2)3)14(9-12)21-4/h8-11H,5-7H2,1-4H3,(H2,18,20,23)/b19-10-. The van der Waals surface area contributed by atoms with Gasteiger partial charge < -0.3 is 14.8 Å². The van der Waals surface area contributed by atoms with Crippen LogP contribution >= 0.6 is 23.8 Å². The fourth-order valence-corrected chi connectivity index (χ4v) is 2.17. The first-order valence-corrected chi connectivity index (χ1v) is 8.37. The van der Waals surface area contributed by atoms with Gasteiger partial charge in [-0.05, 0) is 50.2 Å².